The van der Waals surface area contributed by atoms with E-state index in [0.29, 0.717) is 11.3 Å². The average Bonchev–Trinajstić information content (AvgIpc) is 2.41. The number of anilines is 1. The van der Waals surface area contributed by atoms with Crippen molar-refractivity contribution in [3.8, 4) is 0 Å². The molecule has 1 amide bonds. The van der Waals surface area contributed by atoms with E-state index in [4.69, 9.17) is 5.73 Å². The van der Waals surface area contributed by atoms with Crippen LogP contribution in [0, 0.1) is 13.8 Å². The first-order valence-corrected chi connectivity index (χ1v) is 7.19. The van der Waals surface area contributed by atoms with Crippen molar-refractivity contribution in [1.82, 2.24) is 5.32 Å². The molecule has 3 nitrogen and oxygen atoms in total. The molecule has 0 aliphatic carbocycles. The van der Waals surface area contributed by atoms with Crippen molar-refractivity contribution < 1.29 is 4.79 Å². The number of carbonyl (C=O) groups excluding carboxylic acids is 1. The fourth-order valence-electron chi connectivity index (χ4n) is 2.52. The van der Waals surface area contributed by atoms with Crippen LogP contribution in [0.25, 0.3) is 0 Å². The summed E-state index contributed by atoms with van der Waals surface area (Å²) >= 11 is 0. The number of carbonyl (C=O) groups is 1. The van der Waals surface area contributed by atoms with Crippen molar-refractivity contribution in [2.75, 3.05) is 5.73 Å². The van der Waals surface area contributed by atoms with E-state index in [0.717, 1.165) is 12.0 Å². The number of aryl methyl sites for hydroxylation is 2. The molecule has 2 aromatic carbocycles. The maximum Gasteiger partial charge on any atom is 0.253 e. The number of nitrogens with one attached hydrogen (secondary N) is 1. The minimum Gasteiger partial charge on any atom is -0.398 e. The van der Waals surface area contributed by atoms with Gasteiger partial charge in [0.25, 0.3) is 5.91 Å². The summed E-state index contributed by atoms with van der Waals surface area (Å²) in [6.45, 7) is 6.00. The number of nitrogens with two attached hydrogens (primary N) is 1. The third-order valence-corrected chi connectivity index (χ3v) is 3.70. The van der Waals surface area contributed by atoms with Gasteiger partial charge in [-0.25, -0.2) is 0 Å². The van der Waals surface area contributed by atoms with Gasteiger partial charge in [0.15, 0.2) is 0 Å². The molecule has 3 N–H and O–H groups in total. The summed E-state index contributed by atoms with van der Waals surface area (Å²) < 4.78 is 0. The van der Waals surface area contributed by atoms with Crippen molar-refractivity contribution in [3.05, 3.63) is 64.7 Å². The minimum atomic E-state index is -0.105. The Balaban J connectivity index is 2.08. The molecule has 0 radical (unpaired) electrons. The quantitative estimate of drug-likeness (QED) is 0.846. The van der Waals surface area contributed by atoms with E-state index < -0.39 is 0 Å². The second-order valence-corrected chi connectivity index (χ2v) is 5.54. The Bertz CT molecular complexity index is 629. The summed E-state index contributed by atoms with van der Waals surface area (Å²) in [5.74, 6) is -0.105. The number of hydrogen-bond acceptors (Lipinski definition) is 2. The number of nitrogen functional groups attached to an aromatic ring is 1. The molecule has 3 heteroatoms. The van der Waals surface area contributed by atoms with Gasteiger partial charge in [0.05, 0.1) is 5.56 Å². The lowest BCUT2D eigenvalue weighted by atomic mass is 10.0. The van der Waals surface area contributed by atoms with Gasteiger partial charge in [-0.15, -0.1) is 0 Å². The maximum atomic E-state index is 12.4. The van der Waals surface area contributed by atoms with E-state index in [-0.39, 0.29) is 11.9 Å². The van der Waals surface area contributed by atoms with Crippen LogP contribution in [0.1, 0.15) is 34.0 Å². The van der Waals surface area contributed by atoms with Gasteiger partial charge in [0.1, 0.15) is 0 Å². The average molecular weight is 282 g/mol. The molecule has 0 spiro atoms. The van der Waals surface area contributed by atoms with E-state index in [1.165, 1.54) is 11.1 Å². The van der Waals surface area contributed by atoms with Gasteiger partial charge in [-0.3, -0.25) is 4.79 Å². The van der Waals surface area contributed by atoms with E-state index in [1.807, 2.05) is 38.1 Å². The third kappa shape index (κ3) is 3.63. The minimum absolute atomic E-state index is 0.0533. The zero-order chi connectivity index (χ0) is 15.4. The predicted molar refractivity (Wildman–Crippen MR) is 87.4 cm³/mol. The number of hydrogen-bond donors (Lipinski definition) is 2. The van der Waals surface area contributed by atoms with Crippen molar-refractivity contribution in [1.29, 1.82) is 0 Å². The fourth-order valence-corrected chi connectivity index (χ4v) is 2.52. The van der Waals surface area contributed by atoms with Crippen LogP contribution >= 0.6 is 0 Å². The molecule has 0 aliphatic heterocycles. The van der Waals surface area contributed by atoms with Crippen LogP contribution in [0.4, 0.5) is 5.69 Å². The van der Waals surface area contributed by atoms with Crippen molar-refractivity contribution >= 4 is 11.6 Å². The maximum absolute atomic E-state index is 12.4. The largest absolute Gasteiger partial charge is 0.398 e. The highest BCUT2D eigenvalue weighted by atomic mass is 16.1. The summed E-state index contributed by atoms with van der Waals surface area (Å²) in [5.41, 5.74) is 10.4. The highest BCUT2D eigenvalue weighted by Gasteiger charge is 2.15. The van der Waals surface area contributed by atoms with Crippen LogP contribution < -0.4 is 11.1 Å². The summed E-state index contributed by atoms with van der Waals surface area (Å²) in [7, 11) is 0. The Morgan fingerprint density at radius 2 is 1.76 bits per heavy atom. The van der Waals surface area contributed by atoms with E-state index in [1.54, 1.807) is 6.07 Å². The number of rotatable bonds is 4. The van der Waals surface area contributed by atoms with Crippen LogP contribution in [0.3, 0.4) is 0 Å². The van der Waals surface area contributed by atoms with Gasteiger partial charge < -0.3 is 11.1 Å². The second-order valence-electron chi connectivity index (χ2n) is 5.54. The van der Waals surface area contributed by atoms with E-state index in [9.17, 15) is 4.79 Å². The topological polar surface area (TPSA) is 55.1 Å². The Labute approximate surface area is 126 Å². The molecule has 0 fully saturated rings. The van der Waals surface area contributed by atoms with Gasteiger partial charge >= 0.3 is 0 Å². The Hall–Kier alpha value is -2.29. The molecule has 0 aliphatic rings. The molecule has 0 aromatic heterocycles. The Morgan fingerprint density at radius 3 is 2.43 bits per heavy atom. The van der Waals surface area contributed by atoms with E-state index in [2.05, 4.69) is 24.4 Å². The normalized spacial score (nSPS) is 12.0. The van der Waals surface area contributed by atoms with Gasteiger partial charge in [-0.1, -0.05) is 36.4 Å². The summed E-state index contributed by atoms with van der Waals surface area (Å²) in [5, 5.41) is 3.03. The van der Waals surface area contributed by atoms with Crippen LogP contribution in [-0.2, 0) is 6.42 Å². The monoisotopic (exact) mass is 282 g/mol. The zero-order valence-electron chi connectivity index (χ0n) is 12.8. The smallest absolute Gasteiger partial charge is 0.253 e. The summed E-state index contributed by atoms with van der Waals surface area (Å²) in [6, 6.07) is 13.8. The molecule has 0 saturated heterocycles. The Kier molecular flexibility index (Phi) is 4.63. The second kappa shape index (κ2) is 6.44. The van der Waals surface area contributed by atoms with Gasteiger partial charge in [-0.05, 0) is 49.9 Å². The molecule has 2 aromatic rings. The molecule has 0 heterocycles. The molecule has 1 unspecified atom stereocenters. The van der Waals surface area contributed by atoms with Gasteiger partial charge in [0.2, 0.25) is 0 Å². The third-order valence-electron chi connectivity index (χ3n) is 3.70. The number of benzene rings is 2. The van der Waals surface area contributed by atoms with Crippen molar-refractivity contribution in [2.24, 2.45) is 0 Å². The molecule has 0 saturated carbocycles. The summed E-state index contributed by atoms with van der Waals surface area (Å²) in [4.78, 5) is 12.4. The van der Waals surface area contributed by atoms with Crippen LogP contribution in [0.5, 0.6) is 0 Å². The van der Waals surface area contributed by atoms with Crippen LogP contribution in [-0.4, -0.2) is 11.9 Å². The highest BCUT2D eigenvalue weighted by molar-refractivity contribution is 6.00. The first-order valence-electron chi connectivity index (χ1n) is 7.19. The molecular formula is C18H22N2O. The first-order chi connectivity index (χ1) is 9.99. The zero-order valence-corrected chi connectivity index (χ0v) is 12.8. The van der Waals surface area contributed by atoms with Gasteiger partial charge in [-0.2, -0.15) is 0 Å². The lowest BCUT2D eigenvalue weighted by Crippen LogP contribution is -2.35. The fraction of sp³-hybridized carbons (Fsp3) is 0.278. The molecule has 21 heavy (non-hydrogen) atoms. The first kappa shape index (κ1) is 15.1. The standard InChI is InChI=1S/C18H22N2O/c1-12-7-4-5-9-15(12)11-14(3)20-18(21)17-13(2)8-6-10-16(17)19/h4-10,14H,11,19H2,1-3H3,(H,20,21). The highest BCUT2D eigenvalue weighted by Crippen LogP contribution is 2.16. The molecule has 2 rings (SSSR count). The SMILES string of the molecule is Cc1ccccc1CC(C)NC(=O)c1c(C)cccc1N. The van der Waals surface area contributed by atoms with Gasteiger partial charge in [0, 0.05) is 11.7 Å². The molecule has 110 valence electrons. The van der Waals surface area contributed by atoms with Crippen molar-refractivity contribution in [3.63, 3.8) is 0 Å². The lowest BCUT2D eigenvalue weighted by Gasteiger charge is -2.17. The molecule has 0 bridgehead atoms. The Morgan fingerprint density at radius 1 is 1.10 bits per heavy atom. The van der Waals surface area contributed by atoms with Crippen LogP contribution in [0.2, 0.25) is 0 Å². The van der Waals surface area contributed by atoms with E-state index >= 15 is 0 Å². The number of amides is 1. The van der Waals surface area contributed by atoms with Crippen molar-refractivity contribution in [2.45, 2.75) is 33.2 Å². The predicted octanol–water partition coefficient (Wildman–Crippen LogP) is 3.25. The lowest BCUT2D eigenvalue weighted by molar-refractivity contribution is 0.0940. The summed E-state index contributed by atoms with van der Waals surface area (Å²) in [6.07, 6.45) is 0.810. The molecule has 1 atom stereocenters. The van der Waals surface area contributed by atoms with Crippen LogP contribution in [0.15, 0.2) is 42.5 Å². The molecular weight excluding hydrogens is 260 g/mol.